The molecule has 1 heterocycles. The van der Waals surface area contributed by atoms with E-state index in [4.69, 9.17) is 10.2 Å². The lowest BCUT2D eigenvalue weighted by atomic mass is 10.1. The van der Waals surface area contributed by atoms with Gasteiger partial charge in [-0.2, -0.15) is 0 Å². The van der Waals surface area contributed by atoms with Crippen molar-refractivity contribution in [3.05, 3.63) is 46.3 Å². The molecule has 6 nitrogen and oxygen atoms in total. The molecule has 0 bridgehead atoms. The second kappa shape index (κ2) is 5.85. The number of nitrogens with two attached hydrogens (primary N) is 1. The Morgan fingerprint density at radius 1 is 1.45 bits per heavy atom. The van der Waals surface area contributed by atoms with Gasteiger partial charge in [-0.05, 0) is 19.1 Å². The third-order valence-electron chi connectivity index (χ3n) is 3.00. The van der Waals surface area contributed by atoms with E-state index in [1.807, 2.05) is 0 Å². The first kappa shape index (κ1) is 14.2. The van der Waals surface area contributed by atoms with E-state index >= 15 is 0 Å². The summed E-state index contributed by atoms with van der Waals surface area (Å²) in [7, 11) is 0. The van der Waals surface area contributed by atoms with Gasteiger partial charge in [-0.1, -0.05) is 18.2 Å². The normalized spacial score (nSPS) is 13.9. The number of amides is 1. The van der Waals surface area contributed by atoms with Gasteiger partial charge in [0.1, 0.15) is 11.1 Å². The number of fused-ring (bicyclic) bond motifs is 1. The van der Waals surface area contributed by atoms with Crippen molar-refractivity contribution in [2.75, 3.05) is 6.54 Å². The van der Waals surface area contributed by atoms with Crippen molar-refractivity contribution >= 4 is 16.9 Å². The lowest BCUT2D eigenvalue weighted by molar-refractivity contribution is 0.0934. The van der Waals surface area contributed by atoms with Gasteiger partial charge >= 0.3 is 5.63 Å². The summed E-state index contributed by atoms with van der Waals surface area (Å²) in [4.78, 5) is 23.7. The molecule has 2 atom stereocenters. The third kappa shape index (κ3) is 3.04. The highest BCUT2D eigenvalue weighted by Gasteiger charge is 2.16. The van der Waals surface area contributed by atoms with Crippen LogP contribution in [0.3, 0.4) is 0 Å². The van der Waals surface area contributed by atoms with Gasteiger partial charge in [0.05, 0.1) is 6.10 Å². The molecule has 1 amide bonds. The average Bonchev–Trinajstić information content (AvgIpc) is 2.43. The summed E-state index contributed by atoms with van der Waals surface area (Å²) in [6, 6.07) is 7.81. The molecular formula is C14H16N2O4. The number of aliphatic hydroxyl groups is 1. The maximum atomic E-state index is 11.9. The number of carbonyl (C=O) groups excluding carboxylic acids is 1. The molecular weight excluding hydrogens is 260 g/mol. The van der Waals surface area contributed by atoms with E-state index in [1.165, 1.54) is 13.0 Å². The maximum absolute atomic E-state index is 11.9. The zero-order valence-corrected chi connectivity index (χ0v) is 11.0. The lowest BCUT2D eigenvalue weighted by Gasteiger charge is -2.14. The predicted octanol–water partition coefficient (Wildman–Crippen LogP) is 0.231. The van der Waals surface area contributed by atoms with Crippen molar-refractivity contribution < 1.29 is 14.3 Å². The Morgan fingerprint density at radius 3 is 2.85 bits per heavy atom. The van der Waals surface area contributed by atoms with Crippen molar-refractivity contribution in [2.24, 2.45) is 5.73 Å². The molecule has 2 aromatic rings. The van der Waals surface area contributed by atoms with E-state index in [-0.39, 0.29) is 12.1 Å². The van der Waals surface area contributed by atoms with E-state index in [9.17, 15) is 14.7 Å². The third-order valence-corrected chi connectivity index (χ3v) is 3.00. The smallest absolute Gasteiger partial charge is 0.349 e. The van der Waals surface area contributed by atoms with Gasteiger partial charge in [-0.15, -0.1) is 0 Å². The van der Waals surface area contributed by atoms with Gasteiger partial charge in [0, 0.05) is 18.0 Å². The topological polar surface area (TPSA) is 106 Å². The Balaban J connectivity index is 2.22. The van der Waals surface area contributed by atoms with E-state index in [0.717, 1.165) is 0 Å². The summed E-state index contributed by atoms with van der Waals surface area (Å²) in [6.45, 7) is 1.60. The van der Waals surface area contributed by atoms with Gasteiger partial charge in [-0.25, -0.2) is 4.79 Å². The molecule has 0 aliphatic rings. The fourth-order valence-corrected chi connectivity index (χ4v) is 1.70. The number of para-hydroxylation sites is 1. The van der Waals surface area contributed by atoms with Crippen LogP contribution in [0.1, 0.15) is 17.3 Å². The van der Waals surface area contributed by atoms with Gasteiger partial charge in [0.25, 0.3) is 5.91 Å². The quantitative estimate of drug-likeness (QED) is 0.693. The van der Waals surface area contributed by atoms with Crippen molar-refractivity contribution in [3.63, 3.8) is 0 Å². The second-order valence-electron chi connectivity index (χ2n) is 4.60. The van der Waals surface area contributed by atoms with Crippen LogP contribution in [0.5, 0.6) is 0 Å². The molecule has 2 rings (SSSR count). The van der Waals surface area contributed by atoms with Crippen molar-refractivity contribution in [1.29, 1.82) is 0 Å². The Labute approximate surface area is 115 Å². The molecule has 0 radical (unpaired) electrons. The lowest BCUT2D eigenvalue weighted by Crippen LogP contribution is -2.44. The van der Waals surface area contributed by atoms with Crippen LogP contribution in [0.2, 0.25) is 0 Å². The molecule has 106 valence electrons. The number of nitrogens with one attached hydrogen (secondary N) is 1. The number of hydrogen-bond donors (Lipinski definition) is 3. The standard InChI is InChI=1S/C14H16N2O4/c1-8(17)11(15)7-16-13(18)10-6-9-4-2-3-5-12(9)20-14(10)19/h2-6,8,11,17H,7,15H2,1H3,(H,16,18). The van der Waals surface area contributed by atoms with Gasteiger partial charge in [0.2, 0.25) is 0 Å². The molecule has 2 unspecified atom stereocenters. The minimum Gasteiger partial charge on any atom is -0.422 e. The highest BCUT2D eigenvalue weighted by atomic mass is 16.4. The summed E-state index contributed by atoms with van der Waals surface area (Å²) in [5.41, 5.74) is 5.25. The summed E-state index contributed by atoms with van der Waals surface area (Å²) < 4.78 is 5.07. The predicted molar refractivity (Wildman–Crippen MR) is 74.5 cm³/mol. The number of aliphatic hydroxyl groups excluding tert-OH is 1. The Bertz CT molecular complexity index is 678. The molecule has 0 fully saturated rings. The van der Waals surface area contributed by atoms with Crippen LogP contribution in [0, 0.1) is 0 Å². The largest absolute Gasteiger partial charge is 0.422 e. The fraction of sp³-hybridized carbons (Fsp3) is 0.286. The first-order valence-corrected chi connectivity index (χ1v) is 6.24. The summed E-state index contributed by atoms with van der Waals surface area (Å²) in [5, 5.41) is 12.4. The fourth-order valence-electron chi connectivity index (χ4n) is 1.70. The molecule has 6 heteroatoms. The molecule has 0 spiro atoms. The molecule has 0 aliphatic carbocycles. The monoisotopic (exact) mass is 276 g/mol. The van der Waals surface area contributed by atoms with E-state index in [1.54, 1.807) is 24.3 Å². The van der Waals surface area contributed by atoms with Crippen LogP contribution in [0.4, 0.5) is 0 Å². The summed E-state index contributed by atoms with van der Waals surface area (Å²) in [5.74, 6) is -0.569. The van der Waals surface area contributed by atoms with Crippen molar-refractivity contribution in [3.8, 4) is 0 Å². The Morgan fingerprint density at radius 2 is 2.15 bits per heavy atom. The zero-order chi connectivity index (χ0) is 14.7. The van der Waals surface area contributed by atoms with Crippen LogP contribution in [0.25, 0.3) is 11.0 Å². The molecule has 0 aliphatic heterocycles. The van der Waals surface area contributed by atoms with Crippen molar-refractivity contribution in [1.82, 2.24) is 5.32 Å². The van der Waals surface area contributed by atoms with Crippen LogP contribution in [-0.2, 0) is 0 Å². The van der Waals surface area contributed by atoms with E-state index in [2.05, 4.69) is 5.32 Å². The van der Waals surface area contributed by atoms with E-state index in [0.29, 0.717) is 11.0 Å². The maximum Gasteiger partial charge on any atom is 0.349 e. The molecule has 0 saturated heterocycles. The van der Waals surface area contributed by atoms with Gasteiger partial charge in [0.15, 0.2) is 0 Å². The van der Waals surface area contributed by atoms with Gasteiger partial charge < -0.3 is 20.6 Å². The highest BCUT2D eigenvalue weighted by molar-refractivity contribution is 5.96. The minimum absolute atomic E-state index is 0.0722. The van der Waals surface area contributed by atoms with Gasteiger partial charge in [-0.3, -0.25) is 4.79 Å². The number of rotatable bonds is 4. The average molecular weight is 276 g/mol. The highest BCUT2D eigenvalue weighted by Crippen LogP contribution is 2.12. The first-order valence-electron chi connectivity index (χ1n) is 6.24. The first-order chi connectivity index (χ1) is 9.49. The summed E-state index contributed by atoms with van der Waals surface area (Å²) in [6.07, 6.45) is -0.747. The second-order valence-corrected chi connectivity index (χ2v) is 4.60. The zero-order valence-electron chi connectivity index (χ0n) is 11.0. The molecule has 4 N–H and O–H groups in total. The van der Waals surface area contributed by atoms with Crippen LogP contribution >= 0.6 is 0 Å². The molecule has 20 heavy (non-hydrogen) atoms. The summed E-state index contributed by atoms with van der Waals surface area (Å²) >= 11 is 0. The number of hydrogen-bond acceptors (Lipinski definition) is 5. The number of carbonyl (C=O) groups is 1. The van der Waals surface area contributed by atoms with Crippen molar-refractivity contribution in [2.45, 2.75) is 19.1 Å². The van der Waals surface area contributed by atoms with E-state index < -0.39 is 23.7 Å². The van der Waals surface area contributed by atoms with Crippen LogP contribution < -0.4 is 16.7 Å². The molecule has 1 aromatic heterocycles. The van der Waals surface area contributed by atoms with Crippen LogP contribution in [-0.4, -0.2) is 29.7 Å². The SMILES string of the molecule is CC(O)C(N)CNC(=O)c1cc2ccccc2oc1=O. The number of benzene rings is 1. The Hall–Kier alpha value is -2.18. The Kier molecular flexibility index (Phi) is 4.16. The minimum atomic E-state index is -0.747. The molecule has 1 aromatic carbocycles. The molecule has 0 saturated carbocycles. The van der Waals surface area contributed by atoms with Crippen LogP contribution in [0.15, 0.2) is 39.5 Å².